The Kier molecular flexibility index (Phi) is 7.12. The molecule has 3 aromatic carbocycles. The Balaban J connectivity index is 1.76. The van der Waals surface area contributed by atoms with E-state index in [9.17, 15) is 30.3 Å². The van der Waals surface area contributed by atoms with Crippen LogP contribution in [-0.4, -0.2) is 15.8 Å². The fourth-order valence-electron chi connectivity index (χ4n) is 2.65. The minimum absolute atomic E-state index is 0.127. The van der Waals surface area contributed by atoms with Gasteiger partial charge in [-0.15, -0.1) is 0 Å². The molecule has 0 bridgehead atoms. The predicted molar refractivity (Wildman–Crippen MR) is 123 cm³/mol. The molecule has 0 radical (unpaired) electrons. The summed E-state index contributed by atoms with van der Waals surface area (Å²) in [4.78, 5) is 32.9. The number of halogens is 1. The summed E-state index contributed by atoms with van der Waals surface area (Å²) in [6.45, 7) is 0. The summed E-state index contributed by atoms with van der Waals surface area (Å²) in [7, 11) is 0. The van der Waals surface area contributed by atoms with Gasteiger partial charge in [0.15, 0.2) is 0 Å². The van der Waals surface area contributed by atoms with Gasteiger partial charge in [0.05, 0.1) is 15.9 Å². The highest BCUT2D eigenvalue weighted by atomic mass is 79.9. The fourth-order valence-corrected chi connectivity index (χ4v) is 2.92. The van der Waals surface area contributed by atoms with Crippen molar-refractivity contribution in [3.8, 4) is 17.6 Å². The van der Waals surface area contributed by atoms with Crippen molar-refractivity contribution in [3.63, 3.8) is 0 Å². The lowest BCUT2D eigenvalue weighted by Crippen LogP contribution is -2.13. The highest BCUT2D eigenvalue weighted by Crippen LogP contribution is 2.34. The molecule has 0 unspecified atom stereocenters. The summed E-state index contributed by atoms with van der Waals surface area (Å²) >= 11 is 3.30. The standard InChI is InChI=1S/C22H13BrN4O6/c23-16-3-5-17(6-4-16)25-22(28)15(13-24)11-14-1-8-19(9-2-14)33-21-10-7-18(26(29)30)12-20(21)27(31)32/h1-12H,(H,25,28)/b15-11-. The van der Waals surface area contributed by atoms with Crippen molar-refractivity contribution < 1.29 is 19.4 Å². The molecule has 10 nitrogen and oxygen atoms in total. The lowest BCUT2D eigenvalue weighted by molar-refractivity contribution is -0.394. The lowest BCUT2D eigenvalue weighted by Gasteiger charge is -2.07. The van der Waals surface area contributed by atoms with Crippen LogP contribution in [0.15, 0.2) is 76.8 Å². The maximum Gasteiger partial charge on any atom is 0.318 e. The maximum atomic E-state index is 12.4. The third-order valence-electron chi connectivity index (χ3n) is 4.24. The summed E-state index contributed by atoms with van der Waals surface area (Å²) in [6.07, 6.45) is 1.38. The zero-order chi connectivity index (χ0) is 24.0. The molecule has 0 heterocycles. The van der Waals surface area contributed by atoms with Gasteiger partial charge in [0.25, 0.3) is 11.6 Å². The van der Waals surface area contributed by atoms with E-state index < -0.39 is 27.1 Å². The number of ether oxygens (including phenoxy) is 1. The smallest absolute Gasteiger partial charge is 0.318 e. The molecule has 0 fully saturated rings. The van der Waals surface area contributed by atoms with Crippen molar-refractivity contribution in [2.24, 2.45) is 0 Å². The van der Waals surface area contributed by atoms with Crippen LogP contribution in [-0.2, 0) is 4.79 Å². The topological polar surface area (TPSA) is 148 Å². The number of rotatable bonds is 7. The van der Waals surface area contributed by atoms with Gasteiger partial charge >= 0.3 is 5.69 Å². The fraction of sp³-hybridized carbons (Fsp3) is 0. The summed E-state index contributed by atoms with van der Waals surface area (Å²) in [5.74, 6) is -0.524. The van der Waals surface area contributed by atoms with Crippen LogP contribution in [0.1, 0.15) is 5.56 Å². The predicted octanol–water partition coefficient (Wildman–Crippen LogP) is 5.60. The number of anilines is 1. The summed E-state index contributed by atoms with van der Waals surface area (Å²) in [5, 5.41) is 34.1. The molecule has 3 aromatic rings. The molecule has 0 aliphatic rings. The number of carbonyl (C=O) groups is 1. The summed E-state index contributed by atoms with van der Waals surface area (Å²) in [6, 6.07) is 17.8. The number of nitrogens with zero attached hydrogens (tertiary/aromatic N) is 3. The van der Waals surface area contributed by atoms with Crippen molar-refractivity contribution in [2.75, 3.05) is 5.32 Å². The number of benzene rings is 3. The molecule has 0 aliphatic carbocycles. The van der Waals surface area contributed by atoms with Gasteiger partial charge < -0.3 is 10.1 Å². The molecule has 1 N–H and O–H groups in total. The number of nitro benzene ring substituents is 2. The number of non-ortho nitro benzene ring substituents is 1. The second kappa shape index (κ2) is 10.2. The number of hydrogen-bond acceptors (Lipinski definition) is 7. The number of nitriles is 1. The monoisotopic (exact) mass is 508 g/mol. The number of nitro groups is 2. The molecular formula is C22H13BrN4O6. The lowest BCUT2D eigenvalue weighted by atomic mass is 10.1. The van der Waals surface area contributed by atoms with Crippen LogP contribution < -0.4 is 10.1 Å². The van der Waals surface area contributed by atoms with E-state index in [1.54, 1.807) is 36.4 Å². The van der Waals surface area contributed by atoms with Gasteiger partial charge in [-0.05, 0) is 54.1 Å². The van der Waals surface area contributed by atoms with Crippen LogP contribution in [0.2, 0.25) is 0 Å². The molecule has 3 rings (SSSR count). The number of carbonyl (C=O) groups excluding carboxylic acids is 1. The highest BCUT2D eigenvalue weighted by Gasteiger charge is 2.21. The first-order chi connectivity index (χ1) is 15.8. The SMILES string of the molecule is N#C/C(=C/c1ccc(Oc2ccc([N+](=O)[O-])cc2[N+](=O)[O-])cc1)C(=O)Nc1ccc(Br)cc1. The van der Waals surface area contributed by atoms with Gasteiger partial charge in [-0.25, -0.2) is 0 Å². The van der Waals surface area contributed by atoms with Crippen molar-refractivity contribution in [1.82, 2.24) is 0 Å². The van der Waals surface area contributed by atoms with Crippen molar-refractivity contribution in [2.45, 2.75) is 0 Å². The molecule has 33 heavy (non-hydrogen) atoms. The molecule has 1 amide bonds. The van der Waals surface area contributed by atoms with E-state index in [4.69, 9.17) is 4.74 Å². The largest absolute Gasteiger partial charge is 0.450 e. The van der Waals surface area contributed by atoms with Crippen LogP contribution >= 0.6 is 15.9 Å². The van der Waals surface area contributed by atoms with Crippen LogP contribution in [0.25, 0.3) is 6.08 Å². The Morgan fingerprint density at radius 1 is 1.00 bits per heavy atom. The number of nitrogens with one attached hydrogen (secondary N) is 1. The first-order valence-corrected chi connectivity index (χ1v) is 9.95. The molecule has 0 atom stereocenters. The minimum atomic E-state index is -0.775. The van der Waals surface area contributed by atoms with Crippen LogP contribution in [0.3, 0.4) is 0 Å². The van der Waals surface area contributed by atoms with Crippen LogP contribution in [0.5, 0.6) is 11.5 Å². The second-order valence-corrected chi connectivity index (χ2v) is 7.38. The van der Waals surface area contributed by atoms with Gasteiger partial charge in [-0.3, -0.25) is 25.0 Å². The van der Waals surface area contributed by atoms with E-state index >= 15 is 0 Å². The van der Waals surface area contributed by atoms with Crippen LogP contribution in [0.4, 0.5) is 17.1 Å². The zero-order valence-corrected chi connectivity index (χ0v) is 18.2. The Morgan fingerprint density at radius 2 is 1.67 bits per heavy atom. The van der Waals surface area contributed by atoms with Gasteiger partial charge in [-0.1, -0.05) is 28.1 Å². The van der Waals surface area contributed by atoms with Crippen molar-refractivity contribution in [3.05, 3.63) is 103 Å². The van der Waals surface area contributed by atoms with Gasteiger partial charge in [-0.2, -0.15) is 5.26 Å². The third kappa shape index (κ3) is 5.99. The van der Waals surface area contributed by atoms with Gasteiger partial charge in [0.1, 0.15) is 17.4 Å². The van der Waals surface area contributed by atoms with Crippen molar-refractivity contribution in [1.29, 1.82) is 5.26 Å². The Bertz CT molecular complexity index is 1300. The summed E-state index contributed by atoms with van der Waals surface area (Å²) in [5.41, 5.74) is -0.0667. The minimum Gasteiger partial charge on any atom is -0.450 e. The quantitative estimate of drug-likeness (QED) is 0.189. The van der Waals surface area contributed by atoms with Gasteiger partial charge in [0.2, 0.25) is 5.75 Å². The maximum absolute atomic E-state index is 12.4. The Labute approximate surface area is 195 Å². The highest BCUT2D eigenvalue weighted by molar-refractivity contribution is 9.10. The first kappa shape index (κ1) is 23.1. The second-order valence-electron chi connectivity index (χ2n) is 6.47. The third-order valence-corrected chi connectivity index (χ3v) is 4.76. The van der Waals surface area contributed by atoms with E-state index in [2.05, 4.69) is 21.2 Å². The van der Waals surface area contributed by atoms with E-state index in [1.807, 2.05) is 6.07 Å². The zero-order valence-electron chi connectivity index (χ0n) is 16.6. The molecule has 0 aliphatic heterocycles. The van der Waals surface area contributed by atoms with E-state index in [0.717, 1.165) is 22.7 Å². The Morgan fingerprint density at radius 3 is 2.24 bits per heavy atom. The molecule has 0 spiro atoms. The average molecular weight is 509 g/mol. The number of amides is 1. The molecule has 164 valence electrons. The Hall–Kier alpha value is -4.56. The first-order valence-electron chi connectivity index (χ1n) is 9.16. The molecular weight excluding hydrogens is 496 g/mol. The van der Waals surface area contributed by atoms with E-state index in [-0.39, 0.29) is 17.1 Å². The summed E-state index contributed by atoms with van der Waals surface area (Å²) < 4.78 is 6.34. The van der Waals surface area contributed by atoms with Crippen LogP contribution in [0, 0.1) is 31.6 Å². The normalized spacial score (nSPS) is 10.7. The molecule has 11 heteroatoms. The molecule has 0 saturated carbocycles. The van der Waals surface area contributed by atoms with Crippen molar-refractivity contribution >= 4 is 45.0 Å². The van der Waals surface area contributed by atoms with Gasteiger partial charge in [0, 0.05) is 16.2 Å². The van der Waals surface area contributed by atoms with E-state index in [0.29, 0.717) is 11.3 Å². The molecule has 0 aromatic heterocycles. The molecule has 0 saturated heterocycles. The number of hydrogen-bond donors (Lipinski definition) is 1. The van der Waals surface area contributed by atoms with E-state index in [1.165, 1.54) is 18.2 Å². The average Bonchev–Trinajstić information content (AvgIpc) is 2.80.